The lowest BCUT2D eigenvalue weighted by Crippen LogP contribution is -2.55. The van der Waals surface area contributed by atoms with E-state index < -0.39 is 0 Å². The molecule has 1 saturated carbocycles. The second-order valence-electron chi connectivity index (χ2n) is 7.92. The Hall–Kier alpha value is -1.82. The van der Waals surface area contributed by atoms with Crippen LogP contribution in [0.15, 0.2) is 22.8 Å². The van der Waals surface area contributed by atoms with Gasteiger partial charge in [-0.15, -0.1) is 0 Å². The minimum Gasteiger partial charge on any atom is -0.467 e. The van der Waals surface area contributed by atoms with Gasteiger partial charge in [0.2, 0.25) is 11.8 Å². The van der Waals surface area contributed by atoms with Crippen LogP contribution in [0.1, 0.15) is 44.3 Å². The van der Waals surface area contributed by atoms with Crippen molar-refractivity contribution in [3.05, 3.63) is 24.2 Å². The summed E-state index contributed by atoms with van der Waals surface area (Å²) < 4.78 is 5.25. The van der Waals surface area contributed by atoms with Crippen LogP contribution in [0.3, 0.4) is 0 Å². The van der Waals surface area contributed by atoms with Gasteiger partial charge in [-0.05, 0) is 50.8 Å². The molecule has 3 heterocycles. The fourth-order valence-corrected chi connectivity index (χ4v) is 4.40. The molecule has 0 bridgehead atoms. The van der Waals surface area contributed by atoms with Gasteiger partial charge < -0.3 is 14.6 Å². The van der Waals surface area contributed by atoms with Crippen molar-refractivity contribution < 1.29 is 14.0 Å². The first-order valence-electron chi connectivity index (χ1n) is 9.45. The Kier molecular flexibility index (Phi) is 4.54. The van der Waals surface area contributed by atoms with E-state index in [0.29, 0.717) is 31.5 Å². The van der Waals surface area contributed by atoms with E-state index in [0.717, 1.165) is 38.2 Å². The van der Waals surface area contributed by atoms with Crippen molar-refractivity contribution in [1.82, 2.24) is 15.1 Å². The number of carbonyl (C=O) groups excluding carboxylic acids is 2. The van der Waals surface area contributed by atoms with Crippen LogP contribution in [-0.4, -0.2) is 53.8 Å². The Labute approximate surface area is 148 Å². The zero-order valence-electron chi connectivity index (χ0n) is 14.7. The summed E-state index contributed by atoms with van der Waals surface area (Å²) in [5.74, 6) is 1.15. The van der Waals surface area contributed by atoms with Gasteiger partial charge in [0.05, 0.1) is 19.4 Å². The summed E-state index contributed by atoms with van der Waals surface area (Å²) in [5.41, 5.74) is 0.191. The molecular weight excluding hydrogens is 318 g/mol. The Morgan fingerprint density at radius 1 is 1.32 bits per heavy atom. The molecule has 0 aromatic carbocycles. The van der Waals surface area contributed by atoms with Crippen molar-refractivity contribution in [3.8, 4) is 0 Å². The van der Waals surface area contributed by atoms with Crippen molar-refractivity contribution in [2.75, 3.05) is 26.2 Å². The summed E-state index contributed by atoms with van der Waals surface area (Å²) in [6.45, 7) is 3.65. The predicted octanol–water partition coefficient (Wildman–Crippen LogP) is 1.76. The van der Waals surface area contributed by atoms with Crippen molar-refractivity contribution in [2.45, 2.75) is 51.1 Å². The van der Waals surface area contributed by atoms with Crippen LogP contribution in [0.25, 0.3) is 0 Å². The van der Waals surface area contributed by atoms with Crippen LogP contribution in [0, 0.1) is 5.41 Å². The Balaban J connectivity index is 1.31. The smallest absolute Gasteiger partial charge is 0.234 e. The van der Waals surface area contributed by atoms with Gasteiger partial charge in [0, 0.05) is 31.0 Å². The third-order valence-electron chi connectivity index (χ3n) is 5.83. The third-order valence-corrected chi connectivity index (χ3v) is 5.83. The quantitative estimate of drug-likeness (QED) is 0.883. The largest absolute Gasteiger partial charge is 0.467 e. The number of amides is 2. The molecule has 1 N–H and O–H groups in total. The zero-order valence-corrected chi connectivity index (χ0v) is 14.7. The first-order valence-corrected chi connectivity index (χ1v) is 9.45. The van der Waals surface area contributed by atoms with Gasteiger partial charge in [-0.2, -0.15) is 0 Å². The van der Waals surface area contributed by atoms with Crippen LogP contribution in [-0.2, 0) is 16.1 Å². The fourth-order valence-electron chi connectivity index (χ4n) is 4.40. The highest BCUT2D eigenvalue weighted by atomic mass is 16.3. The summed E-state index contributed by atoms with van der Waals surface area (Å²) in [5, 5.41) is 2.93. The second kappa shape index (κ2) is 6.83. The predicted molar refractivity (Wildman–Crippen MR) is 92.6 cm³/mol. The lowest BCUT2D eigenvalue weighted by Gasteiger charge is -2.48. The molecule has 1 aliphatic carbocycles. The number of hydrogen-bond acceptors (Lipinski definition) is 4. The van der Waals surface area contributed by atoms with Crippen LogP contribution < -0.4 is 5.32 Å². The van der Waals surface area contributed by atoms with E-state index in [1.54, 1.807) is 6.26 Å². The molecule has 1 aromatic heterocycles. The van der Waals surface area contributed by atoms with Crippen molar-refractivity contribution in [3.63, 3.8) is 0 Å². The van der Waals surface area contributed by atoms with Gasteiger partial charge in [0.1, 0.15) is 5.76 Å². The van der Waals surface area contributed by atoms with Crippen LogP contribution >= 0.6 is 0 Å². The fraction of sp³-hybridized carbons (Fsp3) is 0.684. The lowest BCUT2D eigenvalue weighted by molar-refractivity contribution is -0.140. The van der Waals surface area contributed by atoms with Crippen molar-refractivity contribution in [2.24, 2.45) is 5.41 Å². The Morgan fingerprint density at radius 3 is 2.96 bits per heavy atom. The number of hydrogen-bond donors (Lipinski definition) is 1. The molecule has 6 heteroatoms. The molecule has 3 fully saturated rings. The molecule has 3 aliphatic rings. The van der Waals surface area contributed by atoms with Gasteiger partial charge in [0.25, 0.3) is 0 Å². The molecule has 136 valence electrons. The molecule has 1 spiro atoms. The number of likely N-dealkylation sites (tertiary alicyclic amines) is 2. The first kappa shape index (κ1) is 16.6. The highest BCUT2D eigenvalue weighted by molar-refractivity contribution is 5.78. The van der Waals surface area contributed by atoms with E-state index in [1.165, 1.54) is 19.3 Å². The molecule has 2 saturated heterocycles. The Bertz CT molecular complexity index is 626. The molecule has 0 unspecified atom stereocenters. The topological polar surface area (TPSA) is 65.8 Å². The number of piperidine rings is 2. The molecule has 2 amide bonds. The summed E-state index contributed by atoms with van der Waals surface area (Å²) in [6, 6.07) is 4.18. The highest BCUT2D eigenvalue weighted by Gasteiger charge is 2.45. The molecule has 25 heavy (non-hydrogen) atoms. The van der Waals surface area contributed by atoms with E-state index in [9.17, 15) is 9.59 Å². The SMILES string of the molecule is O=C(CN1CCC[C@@]2(CCC(=O)N(C3CC3)C2)C1)NCc1ccco1. The minimum atomic E-state index is 0.0411. The summed E-state index contributed by atoms with van der Waals surface area (Å²) in [6.07, 6.45) is 7.88. The lowest BCUT2D eigenvalue weighted by atomic mass is 9.73. The monoisotopic (exact) mass is 345 g/mol. The van der Waals surface area contributed by atoms with Crippen LogP contribution in [0.4, 0.5) is 0 Å². The number of carbonyl (C=O) groups is 2. The maximum absolute atomic E-state index is 12.3. The summed E-state index contributed by atoms with van der Waals surface area (Å²) >= 11 is 0. The van der Waals surface area contributed by atoms with Gasteiger partial charge >= 0.3 is 0 Å². The molecule has 2 aliphatic heterocycles. The maximum atomic E-state index is 12.3. The van der Waals surface area contributed by atoms with Gasteiger partial charge in [-0.3, -0.25) is 14.5 Å². The number of nitrogens with zero attached hydrogens (tertiary/aromatic N) is 2. The maximum Gasteiger partial charge on any atom is 0.234 e. The van der Waals surface area contributed by atoms with Crippen molar-refractivity contribution >= 4 is 11.8 Å². The molecule has 4 rings (SSSR count). The molecule has 1 aromatic rings. The van der Waals surface area contributed by atoms with E-state index in [1.807, 2.05) is 12.1 Å². The summed E-state index contributed by atoms with van der Waals surface area (Å²) in [7, 11) is 0. The Morgan fingerprint density at radius 2 is 2.20 bits per heavy atom. The average molecular weight is 345 g/mol. The number of furan rings is 1. The van der Waals surface area contributed by atoms with Gasteiger partial charge in [-0.1, -0.05) is 0 Å². The van der Waals surface area contributed by atoms with E-state index >= 15 is 0 Å². The van der Waals surface area contributed by atoms with Gasteiger partial charge in [-0.25, -0.2) is 0 Å². The molecule has 6 nitrogen and oxygen atoms in total. The van der Waals surface area contributed by atoms with Crippen LogP contribution in [0.5, 0.6) is 0 Å². The molecule has 0 radical (unpaired) electrons. The van der Waals surface area contributed by atoms with Crippen molar-refractivity contribution in [1.29, 1.82) is 0 Å². The average Bonchev–Trinajstić information content (AvgIpc) is 3.31. The normalized spacial score (nSPS) is 27.7. The summed E-state index contributed by atoms with van der Waals surface area (Å²) in [4.78, 5) is 28.8. The minimum absolute atomic E-state index is 0.0411. The molecule has 1 atom stereocenters. The first-order chi connectivity index (χ1) is 12.1. The number of rotatable bonds is 5. The third kappa shape index (κ3) is 3.89. The standard InChI is InChI=1S/C19H27N3O3/c23-17(20-11-16-3-1-10-25-16)12-21-9-2-7-19(13-21)8-6-18(24)22(14-19)15-4-5-15/h1,3,10,15H,2,4-9,11-14H2,(H,20,23)/t19-/m1/s1. The van der Waals surface area contributed by atoms with E-state index in [4.69, 9.17) is 4.42 Å². The van der Waals surface area contributed by atoms with E-state index in [-0.39, 0.29) is 11.3 Å². The van der Waals surface area contributed by atoms with Crippen LogP contribution in [0.2, 0.25) is 0 Å². The molecular formula is C19H27N3O3. The number of nitrogens with one attached hydrogen (secondary N) is 1. The highest BCUT2D eigenvalue weighted by Crippen LogP contribution is 2.42. The van der Waals surface area contributed by atoms with E-state index in [2.05, 4.69) is 15.1 Å². The second-order valence-corrected chi connectivity index (χ2v) is 7.92. The zero-order chi connectivity index (χ0) is 17.3. The van der Waals surface area contributed by atoms with Gasteiger partial charge in [0.15, 0.2) is 0 Å².